The maximum absolute atomic E-state index is 11.8. The molecule has 92 valence electrons. The molecule has 1 aromatic rings. The summed E-state index contributed by atoms with van der Waals surface area (Å²) in [7, 11) is 0. The van der Waals surface area contributed by atoms with Gasteiger partial charge in [-0.3, -0.25) is 0 Å². The number of rotatable bonds is 6. The Bertz CT molecular complexity index is 317. The van der Waals surface area contributed by atoms with Gasteiger partial charge in [-0.05, 0) is 6.42 Å². The Balaban J connectivity index is 2.16. The minimum absolute atomic E-state index is 0.0288. The zero-order valence-corrected chi connectivity index (χ0v) is 9.07. The predicted molar refractivity (Wildman–Crippen MR) is 52.7 cm³/mol. The molecule has 1 heterocycles. The van der Waals surface area contributed by atoms with Crippen LogP contribution in [-0.4, -0.2) is 22.4 Å². The van der Waals surface area contributed by atoms with E-state index in [9.17, 15) is 13.2 Å². The molecule has 0 spiro atoms. The lowest BCUT2D eigenvalue weighted by Gasteiger charge is -2.06. The second-order valence-corrected chi connectivity index (χ2v) is 3.72. The molecule has 0 aliphatic carbocycles. The standard InChI is InChI=1S/C7H11F3N4OS/c8-7(9,10)2-1-3-15-4-5-6(12-11)16-14-13-5/h12H,1-4,11H2. The summed E-state index contributed by atoms with van der Waals surface area (Å²) in [4.78, 5) is 0. The van der Waals surface area contributed by atoms with Crippen molar-refractivity contribution in [2.75, 3.05) is 12.0 Å². The fourth-order valence-electron chi connectivity index (χ4n) is 0.956. The SMILES string of the molecule is NNc1snnc1COCCCC(F)(F)F. The maximum Gasteiger partial charge on any atom is 0.389 e. The Morgan fingerprint density at radius 1 is 1.44 bits per heavy atom. The summed E-state index contributed by atoms with van der Waals surface area (Å²) in [5, 5.41) is 4.26. The van der Waals surface area contributed by atoms with Crippen LogP contribution >= 0.6 is 11.5 Å². The summed E-state index contributed by atoms with van der Waals surface area (Å²) in [6, 6.07) is 0. The summed E-state index contributed by atoms with van der Waals surface area (Å²) in [6.45, 7) is 0.134. The minimum atomic E-state index is -4.13. The number of alkyl halides is 3. The van der Waals surface area contributed by atoms with E-state index < -0.39 is 12.6 Å². The van der Waals surface area contributed by atoms with E-state index in [1.165, 1.54) is 0 Å². The lowest BCUT2D eigenvalue weighted by atomic mass is 10.3. The first-order valence-corrected chi connectivity index (χ1v) is 5.22. The van der Waals surface area contributed by atoms with Gasteiger partial charge in [0.05, 0.1) is 6.61 Å². The number of anilines is 1. The van der Waals surface area contributed by atoms with Crippen molar-refractivity contribution in [1.82, 2.24) is 9.59 Å². The van der Waals surface area contributed by atoms with E-state index in [2.05, 4.69) is 15.0 Å². The fraction of sp³-hybridized carbons (Fsp3) is 0.714. The first kappa shape index (κ1) is 13.1. The number of nitrogen functional groups attached to an aromatic ring is 1. The van der Waals surface area contributed by atoms with Crippen LogP contribution in [0.25, 0.3) is 0 Å². The highest BCUT2D eigenvalue weighted by Gasteiger charge is 2.25. The Morgan fingerprint density at radius 2 is 2.19 bits per heavy atom. The highest BCUT2D eigenvalue weighted by atomic mass is 32.1. The number of ether oxygens (including phenoxy) is 1. The van der Waals surface area contributed by atoms with Crippen molar-refractivity contribution in [1.29, 1.82) is 0 Å². The maximum atomic E-state index is 11.8. The normalized spacial score (nSPS) is 11.8. The van der Waals surface area contributed by atoms with Crippen LogP contribution in [0.4, 0.5) is 18.2 Å². The van der Waals surface area contributed by atoms with E-state index in [0.717, 1.165) is 11.5 Å². The lowest BCUT2D eigenvalue weighted by molar-refractivity contribution is -0.138. The zero-order chi connectivity index (χ0) is 12.0. The Hall–Kier alpha value is -0.930. The third kappa shape index (κ3) is 4.73. The van der Waals surface area contributed by atoms with Crippen molar-refractivity contribution < 1.29 is 17.9 Å². The molecule has 0 radical (unpaired) electrons. The van der Waals surface area contributed by atoms with E-state index in [4.69, 9.17) is 10.6 Å². The van der Waals surface area contributed by atoms with Gasteiger partial charge in [-0.25, -0.2) is 5.84 Å². The van der Waals surface area contributed by atoms with Gasteiger partial charge in [-0.1, -0.05) is 4.49 Å². The second kappa shape index (κ2) is 5.97. The first-order chi connectivity index (χ1) is 7.53. The number of nitrogens with zero attached hydrogens (tertiary/aromatic N) is 2. The fourth-order valence-corrected chi connectivity index (χ4v) is 1.44. The molecule has 0 aromatic carbocycles. The molecule has 0 bridgehead atoms. The highest BCUT2D eigenvalue weighted by molar-refractivity contribution is 7.10. The molecule has 0 aliphatic heterocycles. The molecule has 0 fully saturated rings. The summed E-state index contributed by atoms with van der Waals surface area (Å²) in [6.07, 6.45) is -5.04. The Kier molecular flexibility index (Phi) is 4.90. The van der Waals surface area contributed by atoms with Gasteiger partial charge in [0.15, 0.2) is 0 Å². The van der Waals surface area contributed by atoms with Crippen LogP contribution in [0.5, 0.6) is 0 Å². The summed E-state index contributed by atoms with van der Waals surface area (Å²) in [5.41, 5.74) is 2.87. The number of halogens is 3. The number of nitrogens with two attached hydrogens (primary N) is 1. The number of hydrazine groups is 1. The van der Waals surface area contributed by atoms with E-state index >= 15 is 0 Å². The zero-order valence-electron chi connectivity index (χ0n) is 8.25. The van der Waals surface area contributed by atoms with Gasteiger partial charge in [-0.15, -0.1) is 5.10 Å². The molecule has 0 amide bonds. The van der Waals surface area contributed by atoms with Crippen molar-refractivity contribution >= 4 is 16.5 Å². The van der Waals surface area contributed by atoms with Crippen molar-refractivity contribution in [2.24, 2.45) is 5.84 Å². The topological polar surface area (TPSA) is 73.1 Å². The third-order valence-corrected chi connectivity index (χ3v) is 2.37. The molecular formula is C7H11F3N4OS. The number of hydrogen-bond donors (Lipinski definition) is 2. The Labute approximate surface area is 93.9 Å². The van der Waals surface area contributed by atoms with Gasteiger partial charge in [0.2, 0.25) is 0 Å². The first-order valence-electron chi connectivity index (χ1n) is 4.45. The average molecular weight is 256 g/mol. The second-order valence-electron chi connectivity index (χ2n) is 2.96. The van der Waals surface area contributed by atoms with Gasteiger partial charge < -0.3 is 10.2 Å². The van der Waals surface area contributed by atoms with Crippen molar-refractivity contribution in [3.05, 3.63) is 5.69 Å². The molecule has 9 heteroatoms. The molecule has 3 N–H and O–H groups in total. The number of nitrogens with one attached hydrogen (secondary N) is 1. The summed E-state index contributed by atoms with van der Waals surface area (Å²) < 4.78 is 44.0. The largest absolute Gasteiger partial charge is 0.389 e. The minimum Gasteiger partial charge on any atom is -0.375 e. The van der Waals surface area contributed by atoms with Crippen molar-refractivity contribution in [2.45, 2.75) is 25.6 Å². The van der Waals surface area contributed by atoms with Crippen molar-refractivity contribution in [3.8, 4) is 0 Å². The van der Waals surface area contributed by atoms with Gasteiger partial charge in [-0.2, -0.15) is 13.2 Å². The molecule has 0 saturated heterocycles. The average Bonchev–Trinajstić information content (AvgIpc) is 2.63. The Morgan fingerprint density at radius 3 is 2.81 bits per heavy atom. The van der Waals surface area contributed by atoms with Crippen molar-refractivity contribution in [3.63, 3.8) is 0 Å². The van der Waals surface area contributed by atoms with Crippen LogP contribution in [0.1, 0.15) is 18.5 Å². The molecule has 0 unspecified atom stereocenters. The molecule has 1 rings (SSSR count). The van der Waals surface area contributed by atoms with Crippen LogP contribution in [-0.2, 0) is 11.3 Å². The predicted octanol–water partition coefficient (Wildman–Crippen LogP) is 1.68. The van der Waals surface area contributed by atoms with Crippen LogP contribution in [0.15, 0.2) is 0 Å². The number of hydrogen-bond acceptors (Lipinski definition) is 6. The molecule has 0 atom stereocenters. The molecule has 5 nitrogen and oxygen atoms in total. The number of aromatic nitrogens is 2. The van der Waals surface area contributed by atoms with E-state index in [1.54, 1.807) is 0 Å². The van der Waals surface area contributed by atoms with Crippen LogP contribution in [0, 0.1) is 0 Å². The molecular weight excluding hydrogens is 245 g/mol. The molecule has 1 aromatic heterocycles. The van der Waals surface area contributed by atoms with Gasteiger partial charge in [0.1, 0.15) is 10.7 Å². The van der Waals surface area contributed by atoms with Gasteiger partial charge >= 0.3 is 6.18 Å². The molecule has 16 heavy (non-hydrogen) atoms. The quantitative estimate of drug-likeness (QED) is 0.460. The molecule has 0 aliphatic rings. The summed E-state index contributed by atoms with van der Waals surface area (Å²) in [5.74, 6) is 5.16. The van der Waals surface area contributed by atoms with E-state index in [-0.39, 0.29) is 19.6 Å². The van der Waals surface area contributed by atoms with Crippen LogP contribution in [0.3, 0.4) is 0 Å². The van der Waals surface area contributed by atoms with Crippen LogP contribution in [0.2, 0.25) is 0 Å². The monoisotopic (exact) mass is 256 g/mol. The van der Waals surface area contributed by atoms with Gasteiger partial charge in [0, 0.05) is 24.6 Å². The third-order valence-electron chi connectivity index (χ3n) is 1.67. The van der Waals surface area contributed by atoms with E-state index in [0.29, 0.717) is 10.7 Å². The summed E-state index contributed by atoms with van der Waals surface area (Å²) >= 11 is 1.06. The smallest absolute Gasteiger partial charge is 0.375 e. The van der Waals surface area contributed by atoms with E-state index in [1.807, 2.05) is 0 Å². The van der Waals surface area contributed by atoms with Crippen LogP contribution < -0.4 is 11.3 Å². The highest BCUT2D eigenvalue weighted by Crippen LogP contribution is 2.21. The molecule has 0 saturated carbocycles. The lowest BCUT2D eigenvalue weighted by Crippen LogP contribution is -2.10. The van der Waals surface area contributed by atoms with Gasteiger partial charge in [0.25, 0.3) is 0 Å².